The van der Waals surface area contributed by atoms with Crippen LogP contribution < -0.4 is 22.6 Å². The quantitative estimate of drug-likeness (QED) is 0.323. The molecule has 1 rings (SSSR count). The maximum atomic E-state index is 10.7. The van der Waals surface area contributed by atoms with Gasteiger partial charge in [-0.1, -0.05) is 53.7 Å². The van der Waals surface area contributed by atoms with E-state index in [-0.39, 0.29) is 10.8 Å². The molecule has 0 spiro atoms. The lowest BCUT2D eigenvalue weighted by atomic mass is 9.75. The number of hydrogen-bond acceptors (Lipinski definition) is 3. The third-order valence-electron chi connectivity index (χ3n) is 2.87. The van der Waals surface area contributed by atoms with Gasteiger partial charge in [0.25, 0.3) is 22.6 Å². The average molecular weight is 466 g/mol. The van der Waals surface area contributed by atoms with Crippen LogP contribution in [-0.2, 0) is 20.9 Å². The van der Waals surface area contributed by atoms with Gasteiger partial charge in [0.15, 0.2) is 13.7 Å². The smallest absolute Gasteiger partial charge is 0.485 e. The monoisotopic (exact) mass is 466 g/mol. The number of benzene rings is 1. The van der Waals surface area contributed by atoms with E-state index in [1.54, 1.807) is 0 Å². The van der Waals surface area contributed by atoms with Crippen molar-refractivity contribution in [3.05, 3.63) is 32.9 Å². The van der Waals surface area contributed by atoms with Crippen LogP contribution in [0.2, 0.25) is 0 Å². The lowest BCUT2D eigenvalue weighted by Crippen LogP contribution is -3.34. The fourth-order valence-corrected chi connectivity index (χ4v) is 3.34. The first-order valence-electron chi connectivity index (χ1n) is 6.72. The third-order valence-corrected chi connectivity index (χ3v) is 4.41. The lowest BCUT2D eigenvalue weighted by Gasteiger charge is -2.29. The molecule has 0 unspecified atom stereocenters. The van der Waals surface area contributed by atoms with Crippen molar-refractivity contribution in [2.75, 3.05) is 0 Å². The molecule has 0 amide bonds. The molecule has 0 saturated carbocycles. The van der Waals surface area contributed by atoms with Gasteiger partial charge in [-0.25, -0.2) is 8.42 Å². The third kappa shape index (κ3) is 6.96. The molecule has 0 radical (unpaired) electrons. The SMILES string of the molecule is CC(C)(C)c1cccc([IH+])c1C(C)(C)C.O=S(=O)([O-])C(F)(F)F. The Balaban J connectivity index is 0.000000515. The Bertz CT molecular complexity index is 639. The zero-order chi connectivity index (χ0) is 18.9. The number of alkyl halides is 3. The molecule has 0 aliphatic rings. The van der Waals surface area contributed by atoms with E-state index in [0.29, 0.717) is 0 Å². The van der Waals surface area contributed by atoms with Gasteiger partial charge in [0.1, 0.15) is 0 Å². The summed E-state index contributed by atoms with van der Waals surface area (Å²) in [4.78, 5) is 0. The molecule has 0 aliphatic carbocycles. The summed E-state index contributed by atoms with van der Waals surface area (Å²) in [6, 6.07) is 6.67. The van der Waals surface area contributed by atoms with Crippen molar-refractivity contribution in [2.24, 2.45) is 0 Å². The zero-order valence-corrected chi connectivity index (χ0v) is 17.1. The predicted octanol–water partition coefficient (Wildman–Crippen LogP) is 0.788. The van der Waals surface area contributed by atoms with Gasteiger partial charge < -0.3 is 4.55 Å². The topological polar surface area (TPSA) is 57.2 Å². The summed E-state index contributed by atoms with van der Waals surface area (Å²) in [6.07, 6.45) is 0. The minimum Gasteiger partial charge on any atom is -0.741 e. The fourth-order valence-electron chi connectivity index (χ4n) is 1.93. The van der Waals surface area contributed by atoms with Crippen LogP contribution in [0.25, 0.3) is 0 Å². The van der Waals surface area contributed by atoms with E-state index in [1.165, 1.54) is 14.7 Å². The van der Waals surface area contributed by atoms with Crippen molar-refractivity contribution in [1.29, 1.82) is 0 Å². The molecule has 0 atom stereocenters. The van der Waals surface area contributed by atoms with Crippen LogP contribution in [0.5, 0.6) is 0 Å². The number of rotatable bonds is 0. The highest BCUT2D eigenvalue weighted by Gasteiger charge is 2.37. The summed E-state index contributed by atoms with van der Waals surface area (Å²) >= 11 is 2.14. The van der Waals surface area contributed by atoms with Crippen molar-refractivity contribution in [3.63, 3.8) is 0 Å². The molecule has 1 aromatic rings. The maximum absolute atomic E-state index is 10.7. The van der Waals surface area contributed by atoms with Crippen LogP contribution >= 0.6 is 0 Å². The standard InChI is InChI=1S/C14H22I.CHF3O3S/c1-13(2,3)10-8-7-9-11(15)12(10)14(4,5)6;2-1(3,4)8(5,6)7/h7-9,15H,1-6H3;(H,5,6,7)/q+1;/p-1. The highest BCUT2D eigenvalue weighted by Crippen LogP contribution is 2.33. The Labute approximate surface area is 149 Å². The van der Waals surface area contributed by atoms with Crippen LogP contribution in [0.1, 0.15) is 52.7 Å². The van der Waals surface area contributed by atoms with Crippen LogP contribution in [0, 0.1) is 3.57 Å². The van der Waals surface area contributed by atoms with Gasteiger partial charge in [-0.05, 0) is 22.5 Å². The minimum atomic E-state index is -6.09. The summed E-state index contributed by atoms with van der Waals surface area (Å²) in [5.41, 5.74) is -2.18. The number of halogens is 4. The Morgan fingerprint density at radius 1 is 0.957 bits per heavy atom. The molecule has 0 saturated heterocycles. The Morgan fingerprint density at radius 3 is 1.57 bits per heavy atom. The molecule has 23 heavy (non-hydrogen) atoms. The molecule has 3 nitrogen and oxygen atoms in total. The molecular formula is C15H22F3IO3S. The van der Waals surface area contributed by atoms with Crippen LogP contribution in [0.4, 0.5) is 13.2 Å². The molecule has 0 fully saturated rings. The summed E-state index contributed by atoms with van der Waals surface area (Å²) in [5.74, 6) is 0. The highest BCUT2D eigenvalue weighted by molar-refractivity contribution is 7.86. The Kier molecular flexibility index (Phi) is 7.15. The zero-order valence-electron chi connectivity index (χ0n) is 13.9. The minimum absolute atomic E-state index is 0.232. The Hall–Kier alpha value is -0.350. The summed E-state index contributed by atoms with van der Waals surface area (Å²) in [5, 5.41) is 0. The molecule has 8 heteroatoms. The number of hydrogen-bond donors (Lipinski definition) is 0. The van der Waals surface area contributed by atoms with Crippen molar-refractivity contribution in [3.8, 4) is 0 Å². The molecular weight excluding hydrogens is 444 g/mol. The lowest BCUT2D eigenvalue weighted by molar-refractivity contribution is -0.330. The maximum Gasteiger partial charge on any atom is 0.485 e. The summed E-state index contributed by atoms with van der Waals surface area (Å²) < 4.78 is 60.3. The summed E-state index contributed by atoms with van der Waals surface area (Å²) in [6.45, 7) is 13.8. The van der Waals surface area contributed by atoms with Gasteiger partial charge in [0, 0.05) is 5.56 Å². The first-order valence-corrected chi connectivity index (χ1v) is 9.29. The van der Waals surface area contributed by atoms with Crippen LogP contribution in [0.15, 0.2) is 18.2 Å². The van der Waals surface area contributed by atoms with E-state index in [4.69, 9.17) is 13.0 Å². The van der Waals surface area contributed by atoms with Crippen molar-refractivity contribution in [2.45, 2.75) is 57.9 Å². The average Bonchev–Trinajstić information content (AvgIpc) is 2.23. The molecule has 0 heterocycles. The van der Waals surface area contributed by atoms with E-state index in [9.17, 15) is 13.2 Å². The second kappa shape index (κ2) is 7.26. The predicted molar refractivity (Wildman–Crippen MR) is 79.7 cm³/mol. The molecule has 0 aliphatic heterocycles. The molecule has 0 aromatic heterocycles. The van der Waals surface area contributed by atoms with E-state index >= 15 is 0 Å². The highest BCUT2D eigenvalue weighted by atomic mass is 127. The van der Waals surface area contributed by atoms with Crippen molar-refractivity contribution < 1.29 is 48.7 Å². The van der Waals surface area contributed by atoms with Gasteiger partial charge in [-0.2, -0.15) is 13.2 Å². The van der Waals surface area contributed by atoms with Gasteiger partial charge >= 0.3 is 5.51 Å². The normalized spacial score (nSPS) is 13.3. The van der Waals surface area contributed by atoms with Gasteiger partial charge in [-0.3, -0.25) is 0 Å². The van der Waals surface area contributed by atoms with Gasteiger partial charge in [0.05, 0.1) is 0 Å². The largest absolute Gasteiger partial charge is 0.741 e. The summed E-state index contributed by atoms with van der Waals surface area (Å²) in [7, 11) is -6.09. The first-order chi connectivity index (χ1) is 9.89. The molecule has 0 bridgehead atoms. The van der Waals surface area contributed by atoms with E-state index in [2.05, 4.69) is 82.3 Å². The molecule has 134 valence electrons. The van der Waals surface area contributed by atoms with Gasteiger partial charge in [0.2, 0.25) is 0 Å². The van der Waals surface area contributed by atoms with E-state index in [1.807, 2.05) is 0 Å². The van der Waals surface area contributed by atoms with Gasteiger partial charge in [-0.15, -0.1) is 0 Å². The van der Waals surface area contributed by atoms with E-state index < -0.39 is 15.6 Å². The second-order valence-electron chi connectivity index (χ2n) is 7.08. The molecule has 0 N–H and O–H groups in total. The first kappa shape index (κ1) is 22.6. The van der Waals surface area contributed by atoms with Crippen LogP contribution in [0.3, 0.4) is 0 Å². The Morgan fingerprint density at radius 2 is 1.35 bits per heavy atom. The van der Waals surface area contributed by atoms with Crippen LogP contribution in [-0.4, -0.2) is 18.5 Å². The molecule has 1 aromatic carbocycles. The fraction of sp³-hybridized carbons (Fsp3) is 0.600. The van der Waals surface area contributed by atoms with Crippen molar-refractivity contribution >= 4 is 10.1 Å². The van der Waals surface area contributed by atoms with Crippen molar-refractivity contribution in [1.82, 2.24) is 0 Å². The second-order valence-corrected chi connectivity index (χ2v) is 9.71. The van der Waals surface area contributed by atoms with E-state index in [0.717, 1.165) is 0 Å².